The van der Waals surface area contributed by atoms with Crippen molar-refractivity contribution in [2.75, 3.05) is 12.3 Å². The average Bonchev–Trinajstić information content (AvgIpc) is 3.30. The summed E-state index contributed by atoms with van der Waals surface area (Å²) >= 11 is 2.90. The molecule has 8 heteroatoms. The quantitative estimate of drug-likeness (QED) is 0.674. The normalized spacial score (nSPS) is 15.1. The number of hydrogen-bond donors (Lipinski definition) is 1. The maximum absolute atomic E-state index is 12.1. The molecule has 0 unspecified atom stereocenters. The molecular formula is C18H18N4O2S2. The van der Waals surface area contributed by atoms with Crippen LogP contribution in [0.4, 0.5) is 0 Å². The Morgan fingerprint density at radius 2 is 2.27 bits per heavy atom. The SMILES string of the molecule is O=C(CSCc1cc(=O)n2ccsc2n1)NCC1(c2ccccn2)CC1. The van der Waals surface area contributed by atoms with E-state index in [2.05, 4.69) is 15.3 Å². The van der Waals surface area contributed by atoms with Gasteiger partial charge in [-0.3, -0.25) is 19.0 Å². The highest BCUT2D eigenvalue weighted by Crippen LogP contribution is 2.46. The largest absolute Gasteiger partial charge is 0.354 e. The van der Waals surface area contributed by atoms with Crippen molar-refractivity contribution in [3.63, 3.8) is 0 Å². The molecule has 6 nitrogen and oxygen atoms in total. The summed E-state index contributed by atoms with van der Waals surface area (Å²) in [4.78, 5) is 33.6. The average molecular weight is 387 g/mol. The molecule has 1 fully saturated rings. The van der Waals surface area contributed by atoms with Gasteiger partial charge in [0.05, 0.1) is 11.4 Å². The number of fused-ring (bicyclic) bond motifs is 1. The van der Waals surface area contributed by atoms with E-state index in [0.29, 0.717) is 28.7 Å². The number of carbonyl (C=O) groups is 1. The molecule has 0 radical (unpaired) electrons. The second-order valence-corrected chi connectivity index (χ2v) is 8.26. The summed E-state index contributed by atoms with van der Waals surface area (Å²) in [5, 5.41) is 4.86. The molecule has 0 aromatic carbocycles. The number of rotatable bonds is 7. The highest BCUT2D eigenvalue weighted by atomic mass is 32.2. The third-order valence-electron chi connectivity index (χ3n) is 4.53. The Morgan fingerprint density at radius 3 is 3.04 bits per heavy atom. The molecule has 3 aromatic rings. The van der Waals surface area contributed by atoms with Gasteiger partial charge in [0.25, 0.3) is 5.56 Å². The summed E-state index contributed by atoms with van der Waals surface area (Å²) in [6.45, 7) is 0.629. The van der Waals surface area contributed by atoms with Crippen LogP contribution in [0, 0.1) is 0 Å². The molecule has 1 aliphatic carbocycles. The fourth-order valence-corrected chi connectivity index (χ4v) is 4.36. The third kappa shape index (κ3) is 3.66. The first-order chi connectivity index (χ1) is 12.7. The van der Waals surface area contributed by atoms with Crippen molar-refractivity contribution in [3.05, 3.63) is 63.8 Å². The summed E-state index contributed by atoms with van der Waals surface area (Å²) in [6, 6.07) is 7.45. The van der Waals surface area contributed by atoms with Crippen LogP contribution < -0.4 is 10.9 Å². The molecular weight excluding hydrogens is 368 g/mol. The van der Waals surface area contributed by atoms with Crippen molar-refractivity contribution in [2.45, 2.75) is 24.0 Å². The van der Waals surface area contributed by atoms with Gasteiger partial charge in [-0.15, -0.1) is 23.1 Å². The van der Waals surface area contributed by atoms with Crippen LogP contribution in [0.25, 0.3) is 4.96 Å². The molecule has 0 aliphatic heterocycles. The standard InChI is InChI=1S/C18H18N4O2S2/c23-15(20-12-18(4-5-18)14-3-1-2-6-19-14)11-25-10-13-9-16(24)22-7-8-26-17(22)21-13/h1-3,6-9H,4-5,10-12H2,(H,20,23). The van der Waals surface area contributed by atoms with Gasteiger partial charge in [0.1, 0.15) is 0 Å². The van der Waals surface area contributed by atoms with E-state index >= 15 is 0 Å². The van der Waals surface area contributed by atoms with E-state index in [1.807, 2.05) is 23.6 Å². The zero-order chi connectivity index (χ0) is 18.0. The molecule has 0 bridgehead atoms. The Bertz CT molecular complexity index is 980. The van der Waals surface area contributed by atoms with Crippen molar-refractivity contribution >= 4 is 34.0 Å². The van der Waals surface area contributed by atoms with Gasteiger partial charge < -0.3 is 5.32 Å². The lowest BCUT2D eigenvalue weighted by atomic mass is 10.0. The number of thioether (sulfide) groups is 1. The topological polar surface area (TPSA) is 76.4 Å². The van der Waals surface area contributed by atoms with Crippen molar-refractivity contribution < 1.29 is 4.79 Å². The maximum atomic E-state index is 12.1. The Balaban J connectivity index is 1.27. The van der Waals surface area contributed by atoms with Gasteiger partial charge in [0.2, 0.25) is 5.91 Å². The number of pyridine rings is 1. The molecule has 0 saturated heterocycles. The molecule has 26 heavy (non-hydrogen) atoms. The fraction of sp³-hybridized carbons (Fsp3) is 0.333. The third-order valence-corrected chi connectivity index (χ3v) is 6.25. The van der Waals surface area contributed by atoms with Crippen LogP contribution in [0.5, 0.6) is 0 Å². The van der Waals surface area contributed by atoms with Crippen LogP contribution >= 0.6 is 23.1 Å². The Kier molecular flexibility index (Phi) is 4.78. The van der Waals surface area contributed by atoms with E-state index in [-0.39, 0.29) is 16.9 Å². The first kappa shape index (κ1) is 17.2. The Hall–Kier alpha value is -2.19. The Morgan fingerprint density at radius 1 is 1.38 bits per heavy atom. The smallest absolute Gasteiger partial charge is 0.258 e. The van der Waals surface area contributed by atoms with E-state index in [1.165, 1.54) is 33.6 Å². The fourth-order valence-electron chi connectivity index (χ4n) is 2.88. The number of nitrogens with zero attached hydrogens (tertiary/aromatic N) is 3. The zero-order valence-electron chi connectivity index (χ0n) is 14.1. The van der Waals surface area contributed by atoms with Gasteiger partial charge in [-0.05, 0) is 25.0 Å². The molecule has 1 aliphatic rings. The number of amides is 1. The highest BCUT2D eigenvalue weighted by molar-refractivity contribution is 7.99. The van der Waals surface area contributed by atoms with Crippen LogP contribution in [-0.2, 0) is 16.0 Å². The van der Waals surface area contributed by atoms with Gasteiger partial charge in [-0.2, -0.15) is 0 Å². The molecule has 1 amide bonds. The summed E-state index contributed by atoms with van der Waals surface area (Å²) in [5.41, 5.74) is 1.70. The highest BCUT2D eigenvalue weighted by Gasteiger charge is 2.45. The van der Waals surface area contributed by atoms with E-state index in [4.69, 9.17) is 0 Å². The Labute approximate surface area is 158 Å². The van der Waals surface area contributed by atoms with Gasteiger partial charge in [0.15, 0.2) is 4.96 Å². The van der Waals surface area contributed by atoms with Crippen LogP contribution in [0.15, 0.2) is 46.8 Å². The summed E-state index contributed by atoms with van der Waals surface area (Å²) in [5.74, 6) is 0.901. The van der Waals surface area contributed by atoms with Crippen molar-refractivity contribution in [2.24, 2.45) is 0 Å². The van der Waals surface area contributed by atoms with Crippen molar-refractivity contribution in [1.29, 1.82) is 0 Å². The first-order valence-corrected chi connectivity index (χ1v) is 10.4. The minimum Gasteiger partial charge on any atom is -0.354 e. The second-order valence-electron chi connectivity index (χ2n) is 6.41. The number of thiazole rings is 1. The minimum atomic E-state index is -0.0812. The van der Waals surface area contributed by atoms with Crippen LogP contribution in [0.1, 0.15) is 24.2 Å². The lowest BCUT2D eigenvalue weighted by molar-refractivity contribution is -0.118. The molecule has 0 atom stereocenters. The van der Waals surface area contributed by atoms with Gasteiger partial charge in [-0.1, -0.05) is 6.07 Å². The lowest BCUT2D eigenvalue weighted by Gasteiger charge is -2.15. The van der Waals surface area contributed by atoms with Gasteiger partial charge in [0, 0.05) is 47.2 Å². The number of carbonyl (C=O) groups excluding carboxylic acids is 1. The molecule has 4 rings (SSSR count). The van der Waals surface area contributed by atoms with Crippen molar-refractivity contribution in [3.8, 4) is 0 Å². The predicted molar refractivity (Wildman–Crippen MR) is 104 cm³/mol. The zero-order valence-corrected chi connectivity index (χ0v) is 15.7. The van der Waals surface area contributed by atoms with E-state index < -0.39 is 0 Å². The number of aromatic nitrogens is 3. The monoisotopic (exact) mass is 386 g/mol. The van der Waals surface area contributed by atoms with E-state index in [1.54, 1.807) is 12.4 Å². The summed E-state index contributed by atoms with van der Waals surface area (Å²) < 4.78 is 1.53. The van der Waals surface area contributed by atoms with E-state index in [9.17, 15) is 9.59 Å². The predicted octanol–water partition coefficient (Wildman–Crippen LogP) is 2.23. The van der Waals surface area contributed by atoms with Crippen LogP contribution in [0.2, 0.25) is 0 Å². The molecule has 134 valence electrons. The van der Waals surface area contributed by atoms with Crippen LogP contribution in [-0.4, -0.2) is 32.6 Å². The molecule has 3 aromatic heterocycles. The second kappa shape index (κ2) is 7.20. The molecule has 0 spiro atoms. The molecule has 1 N–H and O–H groups in total. The number of hydrogen-bond acceptors (Lipinski definition) is 6. The maximum Gasteiger partial charge on any atom is 0.258 e. The first-order valence-electron chi connectivity index (χ1n) is 8.38. The van der Waals surface area contributed by atoms with E-state index in [0.717, 1.165) is 18.5 Å². The molecule has 3 heterocycles. The van der Waals surface area contributed by atoms with Gasteiger partial charge >= 0.3 is 0 Å². The lowest BCUT2D eigenvalue weighted by Crippen LogP contribution is -2.33. The number of nitrogens with one attached hydrogen (secondary N) is 1. The molecule has 1 saturated carbocycles. The minimum absolute atomic E-state index is 0.00568. The van der Waals surface area contributed by atoms with Gasteiger partial charge in [-0.25, -0.2) is 4.98 Å². The summed E-state index contributed by atoms with van der Waals surface area (Å²) in [7, 11) is 0. The van der Waals surface area contributed by atoms with Crippen molar-refractivity contribution in [1.82, 2.24) is 19.7 Å². The summed E-state index contributed by atoms with van der Waals surface area (Å²) in [6.07, 6.45) is 5.64. The van der Waals surface area contributed by atoms with Crippen LogP contribution in [0.3, 0.4) is 0 Å².